The van der Waals surface area contributed by atoms with Gasteiger partial charge in [-0.05, 0) is 37.1 Å². The molecule has 0 spiro atoms. The number of halogens is 1. The number of nitrogens with zero attached hydrogens (tertiary/aromatic N) is 4. The van der Waals surface area contributed by atoms with E-state index in [4.69, 9.17) is 5.26 Å². The summed E-state index contributed by atoms with van der Waals surface area (Å²) in [6, 6.07) is 7.97. The molecule has 1 saturated heterocycles. The number of amides is 1. The van der Waals surface area contributed by atoms with E-state index in [1.54, 1.807) is 0 Å². The van der Waals surface area contributed by atoms with Gasteiger partial charge in [0.05, 0.1) is 17.1 Å². The first kappa shape index (κ1) is 18.0. The molecule has 7 heteroatoms. The van der Waals surface area contributed by atoms with Gasteiger partial charge in [-0.1, -0.05) is 27.6 Å². The van der Waals surface area contributed by atoms with Gasteiger partial charge in [-0.25, -0.2) is 4.98 Å². The van der Waals surface area contributed by atoms with E-state index in [1.165, 1.54) is 5.57 Å². The first-order valence-electron chi connectivity index (χ1n) is 9.08. The minimum Gasteiger partial charge on any atom is -0.334 e. The lowest BCUT2D eigenvalue weighted by Gasteiger charge is -2.35. The zero-order valence-corrected chi connectivity index (χ0v) is 16.5. The standard InChI is InChI=1S/C20H20BrN5O/c21-16-5-6-17-18(11-16)24-19(23-17)20(27)26-9-7-25(8-10-26)13-15-3-1-14(12-22)2-4-15/h1,3,5-6,11H,2,4,7-10,13H2,(H,23,24). The molecule has 1 aromatic carbocycles. The van der Waals surface area contributed by atoms with Gasteiger partial charge >= 0.3 is 0 Å². The van der Waals surface area contributed by atoms with E-state index in [0.717, 1.165) is 53.6 Å². The zero-order valence-electron chi connectivity index (χ0n) is 14.9. The van der Waals surface area contributed by atoms with Crippen LogP contribution < -0.4 is 0 Å². The van der Waals surface area contributed by atoms with Crippen LogP contribution in [0, 0.1) is 11.3 Å². The Labute approximate surface area is 166 Å². The highest BCUT2D eigenvalue weighted by Crippen LogP contribution is 2.20. The summed E-state index contributed by atoms with van der Waals surface area (Å²) in [5.74, 6) is 0.362. The number of fused-ring (bicyclic) bond motifs is 1. The molecule has 1 aromatic heterocycles. The number of hydrogen-bond acceptors (Lipinski definition) is 4. The number of allylic oxidation sites excluding steroid dienone is 3. The minimum absolute atomic E-state index is 0.0413. The SMILES string of the molecule is N#CC1=CC=C(CN2CCN(C(=O)c3nc4ccc(Br)cc4[nH]3)CC2)CC1. The number of carbonyl (C=O) groups excluding carboxylic acids is 1. The number of imidazole rings is 1. The summed E-state index contributed by atoms with van der Waals surface area (Å²) in [5, 5.41) is 8.93. The van der Waals surface area contributed by atoms with E-state index in [2.05, 4.69) is 42.9 Å². The average Bonchev–Trinajstić information content (AvgIpc) is 3.12. The second kappa shape index (κ2) is 7.67. The number of aromatic nitrogens is 2. The maximum atomic E-state index is 12.8. The fraction of sp³-hybridized carbons (Fsp3) is 0.350. The molecule has 1 aliphatic carbocycles. The predicted molar refractivity (Wildman–Crippen MR) is 107 cm³/mol. The van der Waals surface area contributed by atoms with Crippen molar-refractivity contribution >= 4 is 32.9 Å². The van der Waals surface area contributed by atoms with Crippen LogP contribution in [0.4, 0.5) is 0 Å². The molecule has 1 fully saturated rings. The Kier molecular flexibility index (Phi) is 5.10. The highest BCUT2D eigenvalue weighted by atomic mass is 79.9. The predicted octanol–water partition coefficient (Wildman–Crippen LogP) is 3.25. The van der Waals surface area contributed by atoms with Gasteiger partial charge in [0.25, 0.3) is 5.91 Å². The molecule has 1 N–H and O–H groups in total. The maximum Gasteiger partial charge on any atom is 0.289 e. The second-order valence-electron chi connectivity index (χ2n) is 6.94. The molecule has 6 nitrogen and oxygen atoms in total. The number of piperazine rings is 1. The Hall–Kier alpha value is -2.43. The van der Waals surface area contributed by atoms with Crippen molar-refractivity contribution in [3.8, 4) is 6.07 Å². The maximum absolute atomic E-state index is 12.8. The van der Waals surface area contributed by atoms with Gasteiger partial charge in [-0.3, -0.25) is 9.69 Å². The fourth-order valence-electron chi connectivity index (χ4n) is 3.53. The second-order valence-corrected chi connectivity index (χ2v) is 7.86. The van der Waals surface area contributed by atoms with Crippen molar-refractivity contribution < 1.29 is 4.79 Å². The van der Waals surface area contributed by atoms with Gasteiger partial charge < -0.3 is 9.88 Å². The van der Waals surface area contributed by atoms with Crippen molar-refractivity contribution in [2.45, 2.75) is 12.8 Å². The number of rotatable bonds is 3. The first-order chi connectivity index (χ1) is 13.1. The lowest BCUT2D eigenvalue weighted by atomic mass is 9.99. The largest absolute Gasteiger partial charge is 0.334 e. The van der Waals surface area contributed by atoms with Crippen molar-refractivity contribution in [3.63, 3.8) is 0 Å². The quantitative estimate of drug-likeness (QED) is 0.818. The van der Waals surface area contributed by atoms with Crippen LogP contribution in [-0.2, 0) is 0 Å². The number of nitrogens with one attached hydrogen (secondary N) is 1. The lowest BCUT2D eigenvalue weighted by molar-refractivity contribution is 0.0636. The Morgan fingerprint density at radius 3 is 2.74 bits per heavy atom. The molecular weight excluding hydrogens is 406 g/mol. The number of aromatic amines is 1. The average molecular weight is 426 g/mol. The Morgan fingerprint density at radius 1 is 1.22 bits per heavy atom. The topological polar surface area (TPSA) is 76.0 Å². The molecule has 0 radical (unpaired) electrons. The van der Waals surface area contributed by atoms with E-state index >= 15 is 0 Å². The third kappa shape index (κ3) is 3.97. The van der Waals surface area contributed by atoms with Gasteiger partial charge in [0, 0.05) is 42.8 Å². The summed E-state index contributed by atoms with van der Waals surface area (Å²) in [6.45, 7) is 4.02. The van der Waals surface area contributed by atoms with E-state index in [9.17, 15) is 4.79 Å². The summed E-state index contributed by atoms with van der Waals surface area (Å²) in [6.07, 6.45) is 5.79. The van der Waals surface area contributed by atoms with Crippen LogP contribution in [0.5, 0.6) is 0 Å². The van der Waals surface area contributed by atoms with Crippen molar-refractivity contribution in [1.29, 1.82) is 5.26 Å². The first-order valence-corrected chi connectivity index (χ1v) is 9.87. The van der Waals surface area contributed by atoms with Crippen molar-refractivity contribution in [1.82, 2.24) is 19.8 Å². The normalized spacial score (nSPS) is 18.1. The molecule has 0 bridgehead atoms. The van der Waals surface area contributed by atoms with E-state index in [0.29, 0.717) is 18.9 Å². The summed E-state index contributed by atoms with van der Waals surface area (Å²) >= 11 is 3.44. The molecule has 2 heterocycles. The molecule has 2 aliphatic rings. The van der Waals surface area contributed by atoms with Crippen LogP contribution in [0.15, 0.2) is 46.0 Å². The zero-order chi connectivity index (χ0) is 18.8. The molecule has 4 rings (SSSR count). The molecule has 2 aromatic rings. The third-order valence-corrected chi connectivity index (χ3v) is 5.61. The van der Waals surface area contributed by atoms with Crippen LogP contribution in [0.25, 0.3) is 11.0 Å². The van der Waals surface area contributed by atoms with E-state index in [1.807, 2.05) is 29.2 Å². The Morgan fingerprint density at radius 2 is 2.04 bits per heavy atom. The highest BCUT2D eigenvalue weighted by molar-refractivity contribution is 9.10. The molecule has 1 aliphatic heterocycles. The minimum atomic E-state index is -0.0413. The Bertz CT molecular complexity index is 976. The molecule has 1 amide bonds. The van der Waals surface area contributed by atoms with E-state index in [-0.39, 0.29) is 5.91 Å². The van der Waals surface area contributed by atoms with Crippen LogP contribution in [-0.4, -0.2) is 58.4 Å². The van der Waals surface area contributed by atoms with Crippen LogP contribution >= 0.6 is 15.9 Å². The van der Waals surface area contributed by atoms with Crippen LogP contribution in [0.3, 0.4) is 0 Å². The summed E-state index contributed by atoms with van der Waals surface area (Å²) < 4.78 is 0.958. The molecule has 0 unspecified atom stereocenters. The summed E-state index contributed by atoms with van der Waals surface area (Å²) in [4.78, 5) is 24.6. The van der Waals surface area contributed by atoms with Gasteiger partial charge in [0.15, 0.2) is 5.82 Å². The summed E-state index contributed by atoms with van der Waals surface area (Å²) in [7, 11) is 0. The third-order valence-electron chi connectivity index (χ3n) is 5.11. The number of H-pyrrole nitrogens is 1. The number of hydrogen-bond donors (Lipinski definition) is 1. The monoisotopic (exact) mass is 425 g/mol. The van der Waals surface area contributed by atoms with Crippen LogP contribution in [0.1, 0.15) is 23.5 Å². The van der Waals surface area contributed by atoms with Gasteiger partial charge in [0.1, 0.15) is 0 Å². The lowest BCUT2D eigenvalue weighted by Crippen LogP contribution is -2.49. The van der Waals surface area contributed by atoms with Gasteiger partial charge in [0.2, 0.25) is 0 Å². The fourth-order valence-corrected chi connectivity index (χ4v) is 3.90. The van der Waals surface area contributed by atoms with Crippen molar-refractivity contribution in [2.24, 2.45) is 0 Å². The highest BCUT2D eigenvalue weighted by Gasteiger charge is 2.24. The summed E-state index contributed by atoms with van der Waals surface area (Å²) in [5.41, 5.74) is 3.87. The molecule has 0 atom stereocenters. The van der Waals surface area contributed by atoms with Gasteiger partial charge in [-0.15, -0.1) is 0 Å². The smallest absolute Gasteiger partial charge is 0.289 e. The Balaban J connectivity index is 1.36. The van der Waals surface area contributed by atoms with Crippen LogP contribution in [0.2, 0.25) is 0 Å². The van der Waals surface area contributed by atoms with E-state index < -0.39 is 0 Å². The molecule has 27 heavy (non-hydrogen) atoms. The number of carbonyl (C=O) groups is 1. The van der Waals surface area contributed by atoms with Crippen molar-refractivity contribution in [2.75, 3.05) is 32.7 Å². The number of nitriles is 1. The van der Waals surface area contributed by atoms with Crippen molar-refractivity contribution in [3.05, 3.63) is 51.8 Å². The molecular formula is C20H20BrN5O. The van der Waals surface area contributed by atoms with Gasteiger partial charge in [-0.2, -0.15) is 5.26 Å². The molecule has 138 valence electrons. The number of benzene rings is 1. The molecule has 0 saturated carbocycles.